The predicted molar refractivity (Wildman–Crippen MR) is 128 cm³/mol. The molecule has 1 aliphatic heterocycles. The standard InChI is InChI=1S/C23H34N4O5S/c1-3-14(2)19(23(31)32)26-20(28)17(13-33)25-21(29)18-10-7-11-27(18)22(30)16(24)12-15-8-5-4-6-9-15/h4-6,8-9,14,16-19,33H,3,7,10-13,24H2,1-2H3,(H,25,29)(H,26,28)(H,31,32). The maximum atomic E-state index is 12.9. The Morgan fingerprint density at radius 2 is 1.88 bits per heavy atom. The van der Waals surface area contributed by atoms with E-state index in [1.807, 2.05) is 37.3 Å². The minimum atomic E-state index is -1.14. The van der Waals surface area contributed by atoms with Gasteiger partial charge in [0.2, 0.25) is 17.7 Å². The summed E-state index contributed by atoms with van der Waals surface area (Å²) in [5.41, 5.74) is 7.07. The Balaban J connectivity index is 2.01. The van der Waals surface area contributed by atoms with E-state index < -0.39 is 42.0 Å². The van der Waals surface area contributed by atoms with Crippen molar-refractivity contribution < 1.29 is 24.3 Å². The van der Waals surface area contributed by atoms with Crippen LogP contribution in [0, 0.1) is 5.92 Å². The van der Waals surface area contributed by atoms with Crippen LogP contribution in [-0.2, 0) is 25.6 Å². The summed E-state index contributed by atoms with van der Waals surface area (Å²) in [7, 11) is 0. The van der Waals surface area contributed by atoms with Crippen LogP contribution in [0.4, 0.5) is 0 Å². The zero-order valence-electron chi connectivity index (χ0n) is 19.1. The van der Waals surface area contributed by atoms with Gasteiger partial charge in [-0.2, -0.15) is 12.6 Å². The second-order valence-electron chi connectivity index (χ2n) is 8.44. The van der Waals surface area contributed by atoms with Crippen molar-refractivity contribution in [2.75, 3.05) is 12.3 Å². The topological polar surface area (TPSA) is 142 Å². The average molecular weight is 479 g/mol. The predicted octanol–water partition coefficient (Wildman–Crippen LogP) is 0.578. The van der Waals surface area contributed by atoms with Crippen LogP contribution < -0.4 is 16.4 Å². The summed E-state index contributed by atoms with van der Waals surface area (Å²) in [6, 6.07) is 5.80. The summed E-state index contributed by atoms with van der Waals surface area (Å²) in [4.78, 5) is 51.5. The summed E-state index contributed by atoms with van der Waals surface area (Å²) >= 11 is 4.15. The molecule has 1 aromatic carbocycles. The first kappa shape index (κ1) is 26.7. The van der Waals surface area contributed by atoms with Crippen molar-refractivity contribution in [3.63, 3.8) is 0 Å². The van der Waals surface area contributed by atoms with Gasteiger partial charge in [-0.25, -0.2) is 4.79 Å². The van der Waals surface area contributed by atoms with Crippen LogP contribution in [-0.4, -0.2) is 70.2 Å². The highest BCUT2D eigenvalue weighted by molar-refractivity contribution is 7.80. The van der Waals surface area contributed by atoms with Crippen molar-refractivity contribution in [2.45, 2.75) is 63.7 Å². The van der Waals surface area contributed by atoms with E-state index >= 15 is 0 Å². The largest absolute Gasteiger partial charge is 0.480 e. The number of likely N-dealkylation sites (tertiary alicyclic amines) is 1. The molecule has 0 aliphatic carbocycles. The molecule has 0 aromatic heterocycles. The summed E-state index contributed by atoms with van der Waals surface area (Å²) in [6.07, 6.45) is 2.03. The van der Waals surface area contributed by atoms with Crippen LogP contribution in [0.5, 0.6) is 0 Å². The third-order valence-corrected chi connectivity index (χ3v) is 6.41. The first-order chi connectivity index (χ1) is 15.7. The molecule has 9 nitrogen and oxygen atoms in total. The van der Waals surface area contributed by atoms with E-state index in [4.69, 9.17) is 5.73 Å². The van der Waals surface area contributed by atoms with E-state index in [1.54, 1.807) is 6.92 Å². The number of nitrogens with two attached hydrogens (primary N) is 1. The average Bonchev–Trinajstić information content (AvgIpc) is 3.30. The fourth-order valence-corrected chi connectivity index (χ4v) is 4.13. The lowest BCUT2D eigenvalue weighted by molar-refractivity contribution is -0.144. The van der Waals surface area contributed by atoms with Gasteiger partial charge in [0.1, 0.15) is 18.1 Å². The molecule has 1 fully saturated rings. The quantitative estimate of drug-likeness (QED) is 0.295. The number of carboxylic acids is 1. The summed E-state index contributed by atoms with van der Waals surface area (Å²) < 4.78 is 0. The number of carbonyl (C=O) groups is 4. The molecule has 5 unspecified atom stereocenters. The fourth-order valence-electron chi connectivity index (χ4n) is 3.87. The Morgan fingerprint density at radius 1 is 1.21 bits per heavy atom. The van der Waals surface area contributed by atoms with E-state index in [0.29, 0.717) is 32.2 Å². The Kier molecular flexibility index (Phi) is 10.2. The first-order valence-corrected chi connectivity index (χ1v) is 11.9. The van der Waals surface area contributed by atoms with Crippen LogP contribution in [0.2, 0.25) is 0 Å². The van der Waals surface area contributed by atoms with E-state index in [2.05, 4.69) is 23.3 Å². The second kappa shape index (κ2) is 12.6. The molecule has 3 amide bonds. The molecule has 0 radical (unpaired) electrons. The van der Waals surface area contributed by atoms with E-state index in [0.717, 1.165) is 5.56 Å². The van der Waals surface area contributed by atoms with Gasteiger partial charge in [-0.1, -0.05) is 50.6 Å². The zero-order valence-corrected chi connectivity index (χ0v) is 20.0. The van der Waals surface area contributed by atoms with Crippen molar-refractivity contribution in [1.29, 1.82) is 0 Å². The molecule has 2 rings (SSSR count). The lowest BCUT2D eigenvalue weighted by atomic mass is 9.99. The summed E-state index contributed by atoms with van der Waals surface area (Å²) in [6.45, 7) is 3.97. The number of hydrogen-bond acceptors (Lipinski definition) is 6. The number of nitrogens with one attached hydrogen (secondary N) is 2. The first-order valence-electron chi connectivity index (χ1n) is 11.2. The molecule has 0 saturated carbocycles. The normalized spacial score (nSPS) is 19.3. The highest BCUT2D eigenvalue weighted by Crippen LogP contribution is 2.19. The number of amides is 3. The molecular formula is C23H34N4O5S. The molecule has 5 atom stereocenters. The maximum Gasteiger partial charge on any atom is 0.326 e. The van der Waals surface area contributed by atoms with Crippen LogP contribution >= 0.6 is 12.6 Å². The van der Waals surface area contributed by atoms with Gasteiger partial charge in [0.25, 0.3) is 0 Å². The lowest BCUT2D eigenvalue weighted by Gasteiger charge is -2.28. The second-order valence-corrected chi connectivity index (χ2v) is 8.80. The van der Waals surface area contributed by atoms with Crippen LogP contribution in [0.1, 0.15) is 38.7 Å². The number of benzene rings is 1. The number of carboxylic acid groups (broad SMARTS) is 1. The highest BCUT2D eigenvalue weighted by atomic mass is 32.1. The van der Waals surface area contributed by atoms with Gasteiger partial charge in [0.15, 0.2) is 0 Å². The minimum absolute atomic E-state index is 0.0153. The molecule has 1 aliphatic rings. The van der Waals surface area contributed by atoms with E-state index in [-0.39, 0.29) is 17.6 Å². The van der Waals surface area contributed by atoms with Crippen molar-refractivity contribution in [3.8, 4) is 0 Å². The Hall–Kier alpha value is -2.59. The third-order valence-electron chi connectivity index (χ3n) is 6.05. The van der Waals surface area contributed by atoms with E-state index in [9.17, 15) is 24.3 Å². The molecule has 1 heterocycles. The smallest absolute Gasteiger partial charge is 0.326 e. The van der Waals surface area contributed by atoms with Gasteiger partial charge in [0, 0.05) is 12.3 Å². The highest BCUT2D eigenvalue weighted by Gasteiger charge is 2.38. The molecule has 10 heteroatoms. The van der Waals surface area contributed by atoms with Crippen molar-refractivity contribution in [2.24, 2.45) is 11.7 Å². The molecule has 1 aromatic rings. The van der Waals surface area contributed by atoms with Crippen LogP contribution in [0.25, 0.3) is 0 Å². The van der Waals surface area contributed by atoms with Crippen LogP contribution in [0.3, 0.4) is 0 Å². The Bertz CT molecular complexity index is 837. The number of hydrogen-bond donors (Lipinski definition) is 5. The molecular weight excluding hydrogens is 444 g/mol. The van der Waals surface area contributed by atoms with Gasteiger partial charge in [-0.05, 0) is 30.7 Å². The number of aliphatic carboxylic acids is 1. The molecule has 0 spiro atoms. The lowest BCUT2D eigenvalue weighted by Crippen LogP contribution is -2.58. The minimum Gasteiger partial charge on any atom is -0.480 e. The molecule has 182 valence electrons. The third kappa shape index (κ3) is 7.20. The number of thiol groups is 1. The molecule has 33 heavy (non-hydrogen) atoms. The Morgan fingerprint density at radius 3 is 2.45 bits per heavy atom. The van der Waals surface area contributed by atoms with Crippen molar-refractivity contribution in [3.05, 3.63) is 35.9 Å². The summed E-state index contributed by atoms with van der Waals surface area (Å²) in [5, 5.41) is 14.5. The SMILES string of the molecule is CCC(C)C(NC(=O)C(CS)NC(=O)C1CCCN1C(=O)C(N)Cc1ccccc1)C(=O)O. The number of nitrogens with zero attached hydrogens (tertiary/aromatic N) is 1. The molecule has 0 bridgehead atoms. The van der Waals surface area contributed by atoms with Crippen molar-refractivity contribution in [1.82, 2.24) is 15.5 Å². The van der Waals surface area contributed by atoms with Crippen LogP contribution in [0.15, 0.2) is 30.3 Å². The van der Waals surface area contributed by atoms with Gasteiger partial charge >= 0.3 is 5.97 Å². The van der Waals surface area contributed by atoms with E-state index in [1.165, 1.54) is 4.90 Å². The molecule has 1 saturated heterocycles. The van der Waals surface area contributed by atoms with Gasteiger partial charge in [-0.3, -0.25) is 14.4 Å². The zero-order chi connectivity index (χ0) is 24.5. The number of rotatable bonds is 11. The fraction of sp³-hybridized carbons (Fsp3) is 0.565. The molecule has 5 N–H and O–H groups in total. The Labute approximate surface area is 199 Å². The van der Waals surface area contributed by atoms with Gasteiger partial charge in [-0.15, -0.1) is 0 Å². The summed E-state index contributed by atoms with van der Waals surface area (Å²) in [5.74, 6) is -2.84. The number of carbonyl (C=O) groups excluding carboxylic acids is 3. The maximum absolute atomic E-state index is 12.9. The van der Waals surface area contributed by atoms with Crippen molar-refractivity contribution >= 4 is 36.3 Å². The van der Waals surface area contributed by atoms with Gasteiger partial charge < -0.3 is 26.4 Å². The van der Waals surface area contributed by atoms with Gasteiger partial charge in [0.05, 0.1) is 6.04 Å². The monoisotopic (exact) mass is 478 g/mol.